The number of nitrogens with zero attached hydrogens (tertiary/aromatic N) is 2. The zero-order valence-corrected chi connectivity index (χ0v) is 13.6. The van der Waals surface area contributed by atoms with E-state index in [-0.39, 0.29) is 11.6 Å². The van der Waals surface area contributed by atoms with Crippen LogP contribution in [0.25, 0.3) is 0 Å². The molecule has 116 valence electrons. The number of thiazole rings is 1. The van der Waals surface area contributed by atoms with Crippen molar-refractivity contribution in [1.82, 2.24) is 25.2 Å². The first-order valence-electron chi connectivity index (χ1n) is 6.67. The molecular weight excluding hydrogens is 310 g/mol. The fourth-order valence-corrected chi connectivity index (χ4v) is 3.70. The molecule has 0 radical (unpaired) electrons. The van der Waals surface area contributed by atoms with Crippen molar-refractivity contribution in [3.63, 3.8) is 0 Å². The van der Waals surface area contributed by atoms with Crippen molar-refractivity contribution in [2.45, 2.75) is 38.4 Å². The summed E-state index contributed by atoms with van der Waals surface area (Å²) in [5.74, 6) is 0. The monoisotopic (exact) mass is 329 g/mol. The third-order valence-electron chi connectivity index (χ3n) is 2.77. The van der Waals surface area contributed by atoms with Crippen molar-refractivity contribution in [1.29, 1.82) is 0 Å². The fraction of sp³-hybridized carbons (Fsp3) is 0.500. The molecule has 0 amide bonds. The summed E-state index contributed by atoms with van der Waals surface area (Å²) >= 11 is 1.47. The first-order chi connectivity index (χ1) is 10.0. The summed E-state index contributed by atoms with van der Waals surface area (Å²) in [4.78, 5) is 5.19. The van der Waals surface area contributed by atoms with Crippen molar-refractivity contribution in [2.24, 2.45) is 0 Å². The average Bonchev–Trinajstić information content (AvgIpc) is 3.06. The Hall–Kier alpha value is -1.29. The lowest BCUT2D eigenvalue weighted by atomic mass is 10.3. The molecule has 2 rings (SSSR count). The minimum Gasteiger partial charge on any atom is -0.313 e. The molecule has 0 fully saturated rings. The van der Waals surface area contributed by atoms with Gasteiger partial charge >= 0.3 is 0 Å². The van der Waals surface area contributed by atoms with E-state index in [0.717, 1.165) is 22.9 Å². The molecule has 0 spiro atoms. The number of rotatable bonds is 8. The van der Waals surface area contributed by atoms with Crippen molar-refractivity contribution in [3.8, 4) is 0 Å². The summed E-state index contributed by atoms with van der Waals surface area (Å²) < 4.78 is 27.1. The maximum Gasteiger partial charge on any atom is 0.258 e. The van der Waals surface area contributed by atoms with Crippen molar-refractivity contribution in [2.75, 3.05) is 6.54 Å². The van der Waals surface area contributed by atoms with Crippen molar-refractivity contribution < 1.29 is 8.42 Å². The van der Waals surface area contributed by atoms with Crippen molar-refractivity contribution in [3.05, 3.63) is 27.8 Å². The summed E-state index contributed by atoms with van der Waals surface area (Å²) in [6, 6.07) is 0. The van der Waals surface area contributed by atoms with Crippen LogP contribution in [0.5, 0.6) is 0 Å². The zero-order valence-electron chi connectivity index (χ0n) is 12.0. The number of aryl methyl sites for hydroxylation is 1. The van der Waals surface area contributed by atoms with Crippen LogP contribution in [-0.2, 0) is 23.1 Å². The third kappa shape index (κ3) is 4.34. The van der Waals surface area contributed by atoms with Crippen LogP contribution in [0, 0.1) is 6.92 Å². The Morgan fingerprint density at radius 1 is 1.33 bits per heavy atom. The molecule has 0 saturated heterocycles. The molecule has 0 aromatic carbocycles. The quantitative estimate of drug-likeness (QED) is 0.631. The van der Waals surface area contributed by atoms with Gasteiger partial charge < -0.3 is 5.32 Å². The highest BCUT2D eigenvalue weighted by atomic mass is 32.2. The van der Waals surface area contributed by atoms with Gasteiger partial charge in [0.05, 0.1) is 12.7 Å². The molecule has 3 N–H and O–H groups in total. The Balaban J connectivity index is 2.03. The van der Waals surface area contributed by atoms with Crippen LogP contribution < -0.4 is 10.0 Å². The van der Waals surface area contributed by atoms with E-state index in [1.54, 1.807) is 6.20 Å². The number of sulfonamides is 1. The van der Waals surface area contributed by atoms with E-state index in [9.17, 15) is 8.42 Å². The Bertz CT molecular complexity index is 677. The Labute approximate surface area is 128 Å². The fourth-order valence-electron chi connectivity index (χ4n) is 1.77. The van der Waals surface area contributed by atoms with Gasteiger partial charge in [-0.25, -0.2) is 18.1 Å². The number of nitrogens with one attached hydrogen (secondary N) is 3. The second kappa shape index (κ2) is 7.12. The molecule has 21 heavy (non-hydrogen) atoms. The minimum atomic E-state index is -3.62. The maximum absolute atomic E-state index is 12.3. The number of hydrogen-bond donors (Lipinski definition) is 3. The van der Waals surface area contributed by atoms with Crippen LogP contribution in [0.15, 0.2) is 17.4 Å². The smallest absolute Gasteiger partial charge is 0.258 e. The molecule has 7 nitrogen and oxygen atoms in total. The lowest BCUT2D eigenvalue weighted by Crippen LogP contribution is -2.25. The van der Waals surface area contributed by atoms with Gasteiger partial charge in [0.1, 0.15) is 5.01 Å². The zero-order chi connectivity index (χ0) is 15.3. The van der Waals surface area contributed by atoms with E-state index in [4.69, 9.17) is 0 Å². The summed E-state index contributed by atoms with van der Waals surface area (Å²) in [5.41, 5.74) is 0.631. The van der Waals surface area contributed by atoms with E-state index in [1.165, 1.54) is 17.5 Å². The molecule has 0 saturated carbocycles. The van der Waals surface area contributed by atoms with E-state index >= 15 is 0 Å². The first kappa shape index (κ1) is 16.1. The van der Waals surface area contributed by atoms with Crippen LogP contribution in [0.2, 0.25) is 0 Å². The van der Waals surface area contributed by atoms with Gasteiger partial charge in [-0.2, -0.15) is 5.10 Å². The van der Waals surface area contributed by atoms with Gasteiger partial charge in [-0.3, -0.25) is 5.10 Å². The van der Waals surface area contributed by atoms with E-state index in [0.29, 0.717) is 12.1 Å². The van der Waals surface area contributed by atoms with Gasteiger partial charge in [0.15, 0.2) is 5.03 Å². The minimum absolute atomic E-state index is 0.111. The summed E-state index contributed by atoms with van der Waals surface area (Å²) in [6.45, 7) is 5.47. The van der Waals surface area contributed by atoms with Crippen LogP contribution in [0.4, 0.5) is 0 Å². The summed E-state index contributed by atoms with van der Waals surface area (Å²) in [5, 5.41) is 10.4. The summed E-state index contributed by atoms with van der Waals surface area (Å²) in [7, 11) is -3.62. The normalized spacial score (nSPS) is 11.9. The number of hydrogen-bond acceptors (Lipinski definition) is 6. The topological polar surface area (TPSA) is 99.8 Å². The highest BCUT2D eigenvalue weighted by Crippen LogP contribution is 2.14. The van der Waals surface area contributed by atoms with Gasteiger partial charge in [0.2, 0.25) is 0 Å². The highest BCUT2D eigenvalue weighted by Gasteiger charge is 2.20. The molecule has 2 heterocycles. The van der Waals surface area contributed by atoms with Crippen LogP contribution in [-0.4, -0.2) is 30.1 Å². The maximum atomic E-state index is 12.3. The lowest BCUT2D eigenvalue weighted by molar-refractivity contribution is 0.573. The molecule has 9 heteroatoms. The van der Waals surface area contributed by atoms with Crippen molar-refractivity contribution >= 4 is 21.4 Å². The van der Waals surface area contributed by atoms with Crippen LogP contribution >= 0.6 is 11.3 Å². The molecule has 0 bridgehead atoms. The second-order valence-electron chi connectivity index (χ2n) is 4.59. The SMILES string of the molecule is CCCNCc1cn[nH]c1S(=O)(=O)NCc1ncc(C)s1. The van der Waals surface area contributed by atoms with Crippen LogP contribution in [0.3, 0.4) is 0 Å². The molecule has 2 aromatic rings. The molecule has 0 unspecified atom stereocenters. The molecule has 0 atom stereocenters. The molecule has 0 aliphatic carbocycles. The molecule has 0 aliphatic heterocycles. The predicted octanol–water partition coefficient (Wildman–Crippen LogP) is 1.15. The van der Waals surface area contributed by atoms with E-state index in [2.05, 4.69) is 32.1 Å². The Morgan fingerprint density at radius 2 is 2.14 bits per heavy atom. The largest absolute Gasteiger partial charge is 0.313 e. The van der Waals surface area contributed by atoms with Crippen LogP contribution in [0.1, 0.15) is 28.8 Å². The predicted molar refractivity (Wildman–Crippen MR) is 81.5 cm³/mol. The number of aromatic nitrogens is 3. The Kier molecular flexibility index (Phi) is 5.45. The third-order valence-corrected chi connectivity index (χ3v) is 5.10. The van der Waals surface area contributed by atoms with E-state index < -0.39 is 10.0 Å². The standard InChI is InChI=1S/C12H19N5O2S2/c1-3-4-13-6-10-7-15-17-12(10)21(18,19)16-8-11-14-5-9(2)20-11/h5,7,13,16H,3-4,6,8H2,1-2H3,(H,15,17). The second-order valence-corrected chi connectivity index (χ2v) is 7.61. The van der Waals surface area contributed by atoms with Gasteiger partial charge in [0, 0.05) is 23.2 Å². The Morgan fingerprint density at radius 3 is 2.81 bits per heavy atom. The van der Waals surface area contributed by atoms with Gasteiger partial charge in [0.25, 0.3) is 10.0 Å². The van der Waals surface area contributed by atoms with Gasteiger partial charge in [-0.05, 0) is 19.9 Å². The van der Waals surface area contributed by atoms with Gasteiger partial charge in [-0.1, -0.05) is 6.92 Å². The number of aromatic amines is 1. The summed E-state index contributed by atoms with van der Waals surface area (Å²) in [6.07, 6.45) is 4.25. The average molecular weight is 329 g/mol. The molecule has 2 aromatic heterocycles. The molecule has 0 aliphatic rings. The molecular formula is C12H19N5O2S2. The number of H-pyrrole nitrogens is 1. The lowest BCUT2D eigenvalue weighted by Gasteiger charge is -2.06. The van der Waals surface area contributed by atoms with Gasteiger partial charge in [-0.15, -0.1) is 11.3 Å². The van der Waals surface area contributed by atoms with E-state index in [1.807, 2.05) is 6.92 Å². The highest BCUT2D eigenvalue weighted by molar-refractivity contribution is 7.89. The first-order valence-corrected chi connectivity index (χ1v) is 8.97.